The summed E-state index contributed by atoms with van der Waals surface area (Å²) in [5, 5.41) is 9.85. The van der Waals surface area contributed by atoms with Crippen LogP contribution in [0.25, 0.3) is 11.1 Å². The van der Waals surface area contributed by atoms with Crippen molar-refractivity contribution < 1.29 is 9.84 Å². The average Bonchev–Trinajstić information content (AvgIpc) is 2.37. The lowest BCUT2D eigenvalue weighted by molar-refractivity contribution is 0.200. The number of aromatic nitrogens is 2. The first-order chi connectivity index (χ1) is 8.72. The van der Waals surface area contributed by atoms with Crippen molar-refractivity contribution >= 4 is 0 Å². The third kappa shape index (κ3) is 2.57. The Morgan fingerprint density at radius 2 is 2.06 bits per heavy atom. The summed E-state index contributed by atoms with van der Waals surface area (Å²) in [6.45, 7) is 0.438. The Balaban J connectivity index is 2.42. The molecular weight excluding hydrogens is 232 g/mol. The topological polar surface area (TPSA) is 75.2 Å². The lowest BCUT2D eigenvalue weighted by Gasteiger charge is -2.05. The first-order valence-corrected chi connectivity index (χ1v) is 5.59. The van der Waals surface area contributed by atoms with Crippen molar-refractivity contribution in [1.29, 1.82) is 0 Å². The molecule has 0 spiro atoms. The zero-order valence-corrected chi connectivity index (χ0v) is 10.0. The van der Waals surface area contributed by atoms with E-state index >= 15 is 0 Å². The molecule has 0 saturated heterocycles. The number of nitrogens with one attached hydrogen (secondary N) is 1. The fourth-order valence-electron chi connectivity index (χ4n) is 1.69. The molecule has 5 heteroatoms. The van der Waals surface area contributed by atoms with Crippen LogP contribution >= 0.6 is 0 Å². The number of ether oxygens (including phenoxy) is 1. The fraction of sp³-hybridized carbons (Fsp3) is 0.231. The molecule has 5 nitrogen and oxygen atoms in total. The van der Waals surface area contributed by atoms with Gasteiger partial charge in [0.2, 0.25) is 5.88 Å². The van der Waals surface area contributed by atoms with Crippen LogP contribution in [0.1, 0.15) is 5.82 Å². The first kappa shape index (κ1) is 12.3. The monoisotopic (exact) mass is 246 g/mol. The van der Waals surface area contributed by atoms with Gasteiger partial charge in [-0.25, -0.2) is 0 Å². The third-order valence-electron chi connectivity index (χ3n) is 2.55. The van der Waals surface area contributed by atoms with E-state index in [1.54, 1.807) is 31.4 Å². The van der Waals surface area contributed by atoms with Crippen molar-refractivity contribution in [1.82, 2.24) is 9.97 Å². The van der Waals surface area contributed by atoms with E-state index in [0.29, 0.717) is 24.4 Å². The highest BCUT2D eigenvalue weighted by Gasteiger charge is 2.12. The van der Waals surface area contributed by atoms with Crippen molar-refractivity contribution in [2.75, 3.05) is 13.7 Å². The fourth-order valence-corrected chi connectivity index (χ4v) is 1.69. The van der Waals surface area contributed by atoms with Gasteiger partial charge in [0.25, 0.3) is 5.56 Å². The van der Waals surface area contributed by atoms with Crippen molar-refractivity contribution in [3.63, 3.8) is 0 Å². The van der Waals surface area contributed by atoms with Gasteiger partial charge in [-0.15, -0.1) is 0 Å². The molecule has 2 N–H and O–H groups in total. The highest BCUT2D eigenvalue weighted by Crippen LogP contribution is 2.22. The van der Waals surface area contributed by atoms with Crippen LogP contribution in [0.3, 0.4) is 0 Å². The number of hydrogen-bond donors (Lipinski definition) is 2. The predicted octanol–water partition coefficient (Wildman–Crippen LogP) is 1.33. The summed E-state index contributed by atoms with van der Waals surface area (Å²) in [6, 6.07) is 8.94. The minimum absolute atomic E-state index is 0.191. The van der Waals surface area contributed by atoms with E-state index in [4.69, 9.17) is 4.74 Å². The number of nitrogens with zero attached hydrogens (tertiary/aromatic N) is 1. The smallest absolute Gasteiger partial charge is 0.262 e. The number of benzene rings is 1. The summed E-state index contributed by atoms with van der Waals surface area (Å²) in [6.07, 6.45) is 0.453. The lowest BCUT2D eigenvalue weighted by Crippen LogP contribution is -2.15. The van der Waals surface area contributed by atoms with E-state index in [9.17, 15) is 9.90 Å². The Bertz CT molecular complexity index is 579. The highest BCUT2D eigenvalue weighted by molar-refractivity contribution is 5.66. The van der Waals surface area contributed by atoms with Crippen LogP contribution in [0, 0.1) is 0 Å². The van der Waals surface area contributed by atoms with Gasteiger partial charge in [-0.2, -0.15) is 4.98 Å². The second-order valence-corrected chi connectivity index (χ2v) is 3.82. The molecule has 0 aliphatic carbocycles. The average molecular weight is 246 g/mol. The Kier molecular flexibility index (Phi) is 3.74. The Hall–Kier alpha value is -2.14. The van der Waals surface area contributed by atoms with Crippen LogP contribution in [-0.2, 0) is 11.2 Å². The number of aromatic hydroxyl groups is 1. The van der Waals surface area contributed by atoms with Crippen LogP contribution in [0.15, 0.2) is 35.1 Å². The molecule has 1 heterocycles. The van der Waals surface area contributed by atoms with Crippen molar-refractivity contribution in [2.45, 2.75) is 6.42 Å². The lowest BCUT2D eigenvalue weighted by atomic mass is 10.1. The molecule has 0 fully saturated rings. The van der Waals surface area contributed by atoms with E-state index in [0.717, 1.165) is 0 Å². The van der Waals surface area contributed by atoms with Gasteiger partial charge < -0.3 is 14.8 Å². The molecule has 18 heavy (non-hydrogen) atoms. The van der Waals surface area contributed by atoms with Gasteiger partial charge in [0, 0.05) is 13.5 Å². The molecule has 2 aromatic rings. The third-order valence-corrected chi connectivity index (χ3v) is 2.55. The van der Waals surface area contributed by atoms with Crippen LogP contribution in [0.4, 0.5) is 0 Å². The minimum atomic E-state index is -0.347. The maximum absolute atomic E-state index is 11.9. The van der Waals surface area contributed by atoms with E-state index < -0.39 is 0 Å². The molecule has 0 atom stereocenters. The normalized spacial score (nSPS) is 10.5. The summed E-state index contributed by atoms with van der Waals surface area (Å²) in [4.78, 5) is 18.5. The summed E-state index contributed by atoms with van der Waals surface area (Å²) >= 11 is 0. The summed E-state index contributed by atoms with van der Waals surface area (Å²) in [5.74, 6) is 0.162. The number of H-pyrrole nitrogens is 1. The van der Waals surface area contributed by atoms with Crippen LogP contribution in [0.2, 0.25) is 0 Å². The van der Waals surface area contributed by atoms with E-state index in [2.05, 4.69) is 9.97 Å². The SMILES string of the molecule is COCCc1nc(O)c(-c2ccccc2)c(=O)[nH]1. The summed E-state index contributed by atoms with van der Waals surface area (Å²) in [7, 11) is 1.57. The molecule has 0 aliphatic heterocycles. The van der Waals surface area contributed by atoms with Gasteiger partial charge in [-0.1, -0.05) is 30.3 Å². The minimum Gasteiger partial charge on any atom is -0.493 e. The van der Waals surface area contributed by atoms with E-state index in [1.165, 1.54) is 0 Å². The van der Waals surface area contributed by atoms with Crippen LogP contribution in [0.5, 0.6) is 5.88 Å². The first-order valence-electron chi connectivity index (χ1n) is 5.59. The predicted molar refractivity (Wildman–Crippen MR) is 67.5 cm³/mol. The van der Waals surface area contributed by atoms with Gasteiger partial charge in [-0.05, 0) is 5.56 Å². The Labute approximate surface area is 104 Å². The van der Waals surface area contributed by atoms with Gasteiger partial charge in [-0.3, -0.25) is 4.79 Å². The number of hydrogen-bond acceptors (Lipinski definition) is 4. The quantitative estimate of drug-likeness (QED) is 0.853. The van der Waals surface area contributed by atoms with E-state index in [1.807, 2.05) is 6.07 Å². The second kappa shape index (κ2) is 5.46. The molecule has 1 aromatic carbocycles. The second-order valence-electron chi connectivity index (χ2n) is 3.82. The van der Waals surface area contributed by atoms with E-state index in [-0.39, 0.29) is 17.0 Å². The maximum Gasteiger partial charge on any atom is 0.262 e. The van der Waals surface area contributed by atoms with Gasteiger partial charge >= 0.3 is 0 Å². The van der Waals surface area contributed by atoms with Crippen LogP contribution < -0.4 is 5.56 Å². The molecule has 0 amide bonds. The van der Waals surface area contributed by atoms with Crippen molar-refractivity contribution in [3.05, 3.63) is 46.5 Å². The molecule has 1 aromatic heterocycles. The summed E-state index contributed by atoms with van der Waals surface area (Å²) in [5.41, 5.74) is 0.485. The largest absolute Gasteiger partial charge is 0.493 e. The molecule has 0 saturated carbocycles. The van der Waals surface area contributed by atoms with Crippen LogP contribution in [-0.4, -0.2) is 28.8 Å². The van der Waals surface area contributed by atoms with Gasteiger partial charge in [0.05, 0.1) is 6.61 Å². The van der Waals surface area contributed by atoms with Crippen molar-refractivity contribution in [3.8, 4) is 17.0 Å². The Morgan fingerprint density at radius 1 is 1.33 bits per heavy atom. The number of rotatable bonds is 4. The highest BCUT2D eigenvalue weighted by atomic mass is 16.5. The van der Waals surface area contributed by atoms with Crippen molar-refractivity contribution in [2.24, 2.45) is 0 Å². The standard InChI is InChI=1S/C13H14N2O3/c1-18-8-7-10-14-12(16)11(13(17)15-10)9-5-3-2-4-6-9/h2-6H,7-8H2,1H3,(H2,14,15,16,17). The maximum atomic E-state index is 11.9. The molecule has 0 bridgehead atoms. The van der Waals surface area contributed by atoms with Gasteiger partial charge in [0.15, 0.2) is 0 Å². The molecule has 0 unspecified atom stereocenters. The number of methoxy groups -OCH3 is 1. The molecule has 0 aliphatic rings. The number of aromatic amines is 1. The zero-order valence-electron chi connectivity index (χ0n) is 10.0. The molecule has 94 valence electrons. The molecular formula is C13H14N2O3. The van der Waals surface area contributed by atoms with Gasteiger partial charge in [0.1, 0.15) is 11.4 Å². The summed E-state index contributed by atoms with van der Waals surface area (Å²) < 4.78 is 4.90. The molecule has 2 rings (SSSR count). The zero-order chi connectivity index (χ0) is 13.0. The Morgan fingerprint density at radius 3 is 2.67 bits per heavy atom. The molecule has 0 radical (unpaired) electrons.